The molecule has 0 amide bonds. The Hall–Kier alpha value is -1.17. The van der Waals surface area contributed by atoms with Gasteiger partial charge >= 0.3 is 0 Å². The van der Waals surface area contributed by atoms with Crippen LogP contribution in [-0.2, 0) is 21.9 Å². The maximum absolute atomic E-state index is 13.3. The minimum absolute atomic E-state index is 0.267. The van der Waals surface area contributed by atoms with Crippen LogP contribution in [0.15, 0.2) is 18.2 Å². The summed E-state index contributed by atoms with van der Waals surface area (Å²) in [7, 11) is 1.64. The van der Waals surface area contributed by atoms with Gasteiger partial charge in [-0.25, -0.2) is 9.37 Å². The number of aromatic nitrogens is 2. The van der Waals surface area contributed by atoms with Crippen LogP contribution in [0.1, 0.15) is 12.2 Å². The van der Waals surface area contributed by atoms with Crippen molar-refractivity contribution >= 4 is 22.6 Å². The second-order valence-electron chi connectivity index (χ2n) is 4.41. The Morgan fingerprint density at radius 1 is 1.30 bits per heavy atom. The van der Waals surface area contributed by atoms with Crippen LogP contribution in [0.25, 0.3) is 11.0 Å². The molecule has 0 aliphatic rings. The topological polar surface area (TPSA) is 36.3 Å². The van der Waals surface area contributed by atoms with E-state index >= 15 is 0 Å². The summed E-state index contributed by atoms with van der Waals surface area (Å²) in [6, 6.07) is 4.57. The highest BCUT2D eigenvalue weighted by Crippen LogP contribution is 2.19. The second-order valence-corrected chi connectivity index (χ2v) is 4.67. The molecule has 1 heterocycles. The third kappa shape index (κ3) is 3.69. The van der Waals surface area contributed by atoms with Gasteiger partial charge in [0.1, 0.15) is 11.6 Å². The molecule has 0 radical (unpaired) electrons. The molecule has 20 heavy (non-hydrogen) atoms. The molecule has 0 N–H and O–H groups in total. The van der Waals surface area contributed by atoms with Gasteiger partial charge in [-0.1, -0.05) is 0 Å². The molecule has 4 nitrogen and oxygen atoms in total. The van der Waals surface area contributed by atoms with Crippen molar-refractivity contribution in [3.8, 4) is 0 Å². The second kappa shape index (κ2) is 7.57. The van der Waals surface area contributed by atoms with Crippen LogP contribution in [0.4, 0.5) is 4.39 Å². The summed E-state index contributed by atoms with van der Waals surface area (Å²) < 4.78 is 25.6. The highest BCUT2D eigenvalue weighted by atomic mass is 35.5. The van der Waals surface area contributed by atoms with Crippen LogP contribution in [-0.4, -0.2) is 36.5 Å². The number of methoxy groups -OCH3 is 1. The highest BCUT2D eigenvalue weighted by Gasteiger charge is 2.10. The molecule has 0 bridgehead atoms. The number of imidazole rings is 1. The van der Waals surface area contributed by atoms with Crippen LogP contribution >= 0.6 is 11.6 Å². The average Bonchev–Trinajstić information content (AvgIpc) is 2.80. The molecule has 0 atom stereocenters. The fourth-order valence-corrected chi connectivity index (χ4v) is 2.27. The number of benzene rings is 1. The molecule has 0 aliphatic heterocycles. The third-order valence-electron chi connectivity index (χ3n) is 3.01. The molecular weight excluding hydrogens is 283 g/mol. The van der Waals surface area contributed by atoms with Gasteiger partial charge in [0, 0.05) is 20.3 Å². The Kier molecular flexibility index (Phi) is 5.76. The van der Waals surface area contributed by atoms with Crippen molar-refractivity contribution in [2.75, 3.05) is 26.9 Å². The normalized spacial score (nSPS) is 11.3. The summed E-state index contributed by atoms with van der Waals surface area (Å²) >= 11 is 5.90. The highest BCUT2D eigenvalue weighted by molar-refractivity contribution is 6.16. The van der Waals surface area contributed by atoms with E-state index in [0.29, 0.717) is 32.2 Å². The van der Waals surface area contributed by atoms with Crippen molar-refractivity contribution in [2.24, 2.45) is 0 Å². The van der Waals surface area contributed by atoms with Crippen molar-refractivity contribution in [2.45, 2.75) is 18.8 Å². The Labute approximate surface area is 122 Å². The summed E-state index contributed by atoms with van der Waals surface area (Å²) in [5.41, 5.74) is 1.54. The van der Waals surface area contributed by atoms with Crippen LogP contribution in [0.3, 0.4) is 0 Å². The van der Waals surface area contributed by atoms with E-state index in [4.69, 9.17) is 21.1 Å². The van der Waals surface area contributed by atoms with Crippen molar-refractivity contribution in [3.63, 3.8) is 0 Å². The number of fused-ring (bicyclic) bond motifs is 1. The van der Waals surface area contributed by atoms with E-state index in [1.54, 1.807) is 13.2 Å². The maximum Gasteiger partial charge on any atom is 0.125 e. The maximum atomic E-state index is 13.3. The van der Waals surface area contributed by atoms with Crippen molar-refractivity contribution in [3.05, 3.63) is 29.8 Å². The van der Waals surface area contributed by atoms with Crippen molar-refractivity contribution in [1.82, 2.24) is 9.55 Å². The summed E-state index contributed by atoms with van der Waals surface area (Å²) in [5.74, 6) is 0.793. The molecule has 0 aliphatic carbocycles. The number of hydrogen-bond donors (Lipinski definition) is 0. The minimum Gasteiger partial charge on any atom is -0.382 e. The van der Waals surface area contributed by atoms with E-state index in [1.807, 2.05) is 4.57 Å². The molecule has 0 spiro atoms. The summed E-state index contributed by atoms with van der Waals surface area (Å²) in [5, 5.41) is 0. The molecule has 110 valence electrons. The fraction of sp³-hybridized carbons (Fsp3) is 0.500. The number of alkyl halides is 1. The molecule has 0 saturated carbocycles. The quantitative estimate of drug-likeness (QED) is 0.555. The molecule has 0 saturated heterocycles. The largest absolute Gasteiger partial charge is 0.382 e. The number of hydrogen-bond acceptors (Lipinski definition) is 3. The summed E-state index contributed by atoms with van der Waals surface area (Å²) in [6.07, 6.45) is 0.815. The fourth-order valence-electron chi connectivity index (χ4n) is 2.07. The van der Waals surface area contributed by atoms with Gasteiger partial charge in [0.15, 0.2) is 0 Å². The van der Waals surface area contributed by atoms with Crippen LogP contribution < -0.4 is 0 Å². The molecule has 2 aromatic rings. The lowest BCUT2D eigenvalue weighted by Gasteiger charge is -2.08. The molecule has 1 aromatic heterocycles. The monoisotopic (exact) mass is 300 g/mol. The van der Waals surface area contributed by atoms with Crippen LogP contribution in [0.5, 0.6) is 0 Å². The average molecular weight is 301 g/mol. The first-order valence-electron chi connectivity index (χ1n) is 6.53. The van der Waals surface area contributed by atoms with E-state index in [0.717, 1.165) is 23.3 Å². The first-order valence-corrected chi connectivity index (χ1v) is 7.07. The van der Waals surface area contributed by atoms with Gasteiger partial charge in [0.2, 0.25) is 0 Å². The standard InChI is InChI=1S/C14H18ClFN2O2/c1-19-7-8-20-6-2-5-18-13-9-11(16)3-4-12(13)17-14(18)10-15/h3-4,9H,2,5-8,10H2,1H3. The third-order valence-corrected chi connectivity index (χ3v) is 3.25. The van der Waals surface area contributed by atoms with Crippen molar-refractivity contribution < 1.29 is 13.9 Å². The molecule has 0 unspecified atom stereocenters. The van der Waals surface area contributed by atoms with Gasteiger partial charge in [0.05, 0.1) is 30.1 Å². The zero-order valence-corrected chi connectivity index (χ0v) is 12.2. The van der Waals surface area contributed by atoms with Crippen molar-refractivity contribution in [1.29, 1.82) is 0 Å². The molecular formula is C14H18ClFN2O2. The van der Waals surface area contributed by atoms with E-state index in [1.165, 1.54) is 12.1 Å². The van der Waals surface area contributed by atoms with E-state index < -0.39 is 0 Å². The number of rotatable bonds is 8. The zero-order chi connectivity index (χ0) is 14.4. The molecule has 0 fully saturated rings. The van der Waals surface area contributed by atoms with Gasteiger partial charge in [0.25, 0.3) is 0 Å². The van der Waals surface area contributed by atoms with E-state index in [2.05, 4.69) is 4.98 Å². The Morgan fingerprint density at radius 3 is 2.90 bits per heavy atom. The Morgan fingerprint density at radius 2 is 2.15 bits per heavy atom. The lowest BCUT2D eigenvalue weighted by Crippen LogP contribution is -2.08. The van der Waals surface area contributed by atoms with Gasteiger partial charge in [-0.2, -0.15) is 0 Å². The lowest BCUT2D eigenvalue weighted by molar-refractivity contribution is 0.0681. The number of ether oxygens (including phenoxy) is 2. The van der Waals surface area contributed by atoms with Crippen LogP contribution in [0, 0.1) is 5.82 Å². The Balaban J connectivity index is 2.02. The first kappa shape index (κ1) is 15.2. The predicted octanol–water partition coefficient (Wildman–Crippen LogP) is 2.97. The predicted molar refractivity (Wildman–Crippen MR) is 76.6 cm³/mol. The molecule has 6 heteroatoms. The number of aryl methyl sites for hydroxylation is 1. The lowest BCUT2D eigenvalue weighted by atomic mass is 10.3. The smallest absolute Gasteiger partial charge is 0.125 e. The SMILES string of the molecule is COCCOCCCn1c(CCl)nc2ccc(F)cc21. The van der Waals surface area contributed by atoms with Gasteiger partial charge in [-0.3, -0.25) is 0 Å². The van der Waals surface area contributed by atoms with E-state index in [-0.39, 0.29) is 5.82 Å². The molecule has 1 aromatic carbocycles. The van der Waals surface area contributed by atoms with Gasteiger partial charge in [-0.05, 0) is 24.6 Å². The summed E-state index contributed by atoms with van der Waals surface area (Å²) in [6.45, 7) is 2.50. The van der Waals surface area contributed by atoms with Gasteiger partial charge in [-0.15, -0.1) is 11.6 Å². The minimum atomic E-state index is -0.267. The zero-order valence-electron chi connectivity index (χ0n) is 11.4. The number of nitrogens with zero attached hydrogens (tertiary/aromatic N) is 2. The van der Waals surface area contributed by atoms with E-state index in [9.17, 15) is 4.39 Å². The molecule has 2 rings (SSSR count). The van der Waals surface area contributed by atoms with Crippen LogP contribution in [0.2, 0.25) is 0 Å². The van der Waals surface area contributed by atoms with Gasteiger partial charge < -0.3 is 14.0 Å². The number of halogens is 2. The summed E-state index contributed by atoms with van der Waals surface area (Å²) in [4.78, 5) is 4.40. The Bertz CT molecular complexity index is 559. The first-order chi connectivity index (χ1) is 9.76.